The number of hydrogen-bond donors (Lipinski definition) is 2. The number of nitrogens with one attached hydrogen (secondary N) is 1. The zero-order valence-corrected chi connectivity index (χ0v) is 9.19. The summed E-state index contributed by atoms with van der Waals surface area (Å²) < 4.78 is 1.80. The van der Waals surface area contributed by atoms with Crippen LogP contribution in [0.15, 0.2) is 0 Å². The van der Waals surface area contributed by atoms with E-state index in [2.05, 4.69) is 29.4 Å². The van der Waals surface area contributed by atoms with Crippen LogP contribution in [0, 0.1) is 5.92 Å². The Morgan fingerprint density at radius 2 is 2.20 bits per heavy atom. The van der Waals surface area contributed by atoms with Crippen LogP contribution in [0.4, 0.5) is 5.95 Å². The summed E-state index contributed by atoms with van der Waals surface area (Å²) in [5.41, 5.74) is 0. The molecule has 0 unspecified atom stereocenters. The minimum Gasteiger partial charge on any atom is -0.481 e. The Morgan fingerprint density at radius 1 is 1.53 bits per heavy atom. The molecule has 0 spiro atoms. The number of nitrogens with zero attached hydrogens (tertiary/aromatic N) is 3. The minimum absolute atomic E-state index is 0.0958. The number of hydrogen-bond acceptors (Lipinski definition) is 4. The maximum atomic E-state index is 10.6. The molecule has 0 bridgehead atoms. The smallest absolute Gasteiger partial charge is 0.311 e. The van der Waals surface area contributed by atoms with E-state index >= 15 is 0 Å². The molecule has 6 heteroatoms. The van der Waals surface area contributed by atoms with Gasteiger partial charge in [-0.1, -0.05) is 13.8 Å². The van der Waals surface area contributed by atoms with E-state index in [1.54, 1.807) is 11.6 Å². The van der Waals surface area contributed by atoms with E-state index in [0.717, 1.165) is 0 Å². The molecule has 0 saturated heterocycles. The lowest BCUT2D eigenvalue weighted by Gasteiger charge is -2.11. The lowest BCUT2D eigenvalue weighted by molar-refractivity contribution is -0.136. The third-order valence-corrected chi connectivity index (χ3v) is 1.91. The van der Waals surface area contributed by atoms with Crippen molar-refractivity contribution in [3.05, 3.63) is 5.82 Å². The molecule has 0 saturated carbocycles. The van der Waals surface area contributed by atoms with Gasteiger partial charge in [-0.15, -0.1) is 10.2 Å². The Balaban J connectivity index is 2.94. The summed E-state index contributed by atoms with van der Waals surface area (Å²) in [6, 6.07) is 0. The van der Waals surface area contributed by atoms with E-state index < -0.39 is 5.97 Å². The van der Waals surface area contributed by atoms with Gasteiger partial charge >= 0.3 is 5.97 Å². The Labute approximate surface area is 88.3 Å². The molecule has 1 rings (SSSR count). The van der Waals surface area contributed by atoms with Crippen molar-refractivity contribution in [1.29, 1.82) is 0 Å². The minimum atomic E-state index is -0.893. The maximum absolute atomic E-state index is 10.6. The topological polar surface area (TPSA) is 80.0 Å². The molecule has 1 aromatic heterocycles. The van der Waals surface area contributed by atoms with Crippen molar-refractivity contribution < 1.29 is 9.90 Å². The fourth-order valence-electron chi connectivity index (χ4n) is 1.34. The molecule has 0 atom stereocenters. The Bertz CT molecular complexity index is 346. The first-order chi connectivity index (χ1) is 7.04. The molecule has 1 heterocycles. The molecule has 0 aliphatic rings. The molecule has 15 heavy (non-hydrogen) atoms. The van der Waals surface area contributed by atoms with E-state index in [1.807, 2.05) is 0 Å². The third-order valence-electron chi connectivity index (χ3n) is 1.91. The summed E-state index contributed by atoms with van der Waals surface area (Å²) >= 11 is 0. The SMILES string of the molecule is CNc1nnc(CC(=O)O)n1CC(C)C. The molecule has 0 fully saturated rings. The molecule has 0 aromatic carbocycles. The van der Waals surface area contributed by atoms with Gasteiger partial charge in [-0.2, -0.15) is 0 Å². The third kappa shape index (κ3) is 2.93. The largest absolute Gasteiger partial charge is 0.481 e. The van der Waals surface area contributed by atoms with E-state index in [0.29, 0.717) is 24.2 Å². The zero-order chi connectivity index (χ0) is 11.4. The highest BCUT2D eigenvalue weighted by atomic mass is 16.4. The molecule has 2 N–H and O–H groups in total. The van der Waals surface area contributed by atoms with Crippen LogP contribution in [0.25, 0.3) is 0 Å². The van der Waals surface area contributed by atoms with E-state index in [4.69, 9.17) is 5.11 Å². The Kier molecular flexibility index (Phi) is 3.65. The molecular weight excluding hydrogens is 196 g/mol. The monoisotopic (exact) mass is 212 g/mol. The number of aromatic nitrogens is 3. The second kappa shape index (κ2) is 4.77. The van der Waals surface area contributed by atoms with Gasteiger partial charge in [0.25, 0.3) is 0 Å². The normalized spacial score (nSPS) is 10.7. The van der Waals surface area contributed by atoms with Gasteiger partial charge < -0.3 is 10.4 Å². The highest BCUT2D eigenvalue weighted by Gasteiger charge is 2.14. The van der Waals surface area contributed by atoms with Gasteiger partial charge in [0.05, 0.1) is 0 Å². The van der Waals surface area contributed by atoms with Crippen molar-refractivity contribution in [2.45, 2.75) is 26.8 Å². The van der Waals surface area contributed by atoms with E-state index in [1.165, 1.54) is 0 Å². The van der Waals surface area contributed by atoms with Crippen molar-refractivity contribution in [2.75, 3.05) is 12.4 Å². The standard InChI is InChI=1S/C9H16N4O2/c1-6(2)5-13-7(4-8(14)15)11-12-9(13)10-3/h6H,4-5H2,1-3H3,(H,10,12)(H,14,15). The van der Waals surface area contributed by atoms with E-state index in [-0.39, 0.29) is 6.42 Å². The van der Waals surface area contributed by atoms with Gasteiger partial charge in [0.1, 0.15) is 12.2 Å². The van der Waals surface area contributed by atoms with Crippen LogP contribution >= 0.6 is 0 Å². The predicted molar refractivity (Wildman–Crippen MR) is 55.7 cm³/mol. The van der Waals surface area contributed by atoms with Crippen molar-refractivity contribution in [2.24, 2.45) is 5.92 Å². The quantitative estimate of drug-likeness (QED) is 0.747. The van der Waals surface area contributed by atoms with Crippen molar-refractivity contribution in [3.8, 4) is 0 Å². The number of carboxylic acids is 1. The maximum Gasteiger partial charge on any atom is 0.311 e. The molecule has 0 aliphatic carbocycles. The lowest BCUT2D eigenvalue weighted by atomic mass is 10.2. The summed E-state index contributed by atoms with van der Waals surface area (Å²) in [5.74, 6) is 0.621. The molecule has 1 aromatic rings. The summed E-state index contributed by atoms with van der Waals surface area (Å²) in [4.78, 5) is 10.6. The van der Waals surface area contributed by atoms with Crippen LogP contribution in [-0.2, 0) is 17.8 Å². The number of anilines is 1. The van der Waals surface area contributed by atoms with Crippen LogP contribution in [0.2, 0.25) is 0 Å². The molecule has 0 amide bonds. The first kappa shape index (κ1) is 11.5. The van der Waals surface area contributed by atoms with Gasteiger partial charge in [0, 0.05) is 13.6 Å². The lowest BCUT2D eigenvalue weighted by Crippen LogP contribution is -2.14. The summed E-state index contributed by atoms with van der Waals surface area (Å²) in [5, 5.41) is 19.3. The van der Waals surface area contributed by atoms with E-state index in [9.17, 15) is 4.79 Å². The summed E-state index contributed by atoms with van der Waals surface area (Å²) in [6.45, 7) is 4.83. The van der Waals surface area contributed by atoms with Gasteiger partial charge in [0.15, 0.2) is 0 Å². The van der Waals surface area contributed by atoms with Crippen LogP contribution in [-0.4, -0.2) is 32.9 Å². The number of carbonyl (C=O) groups is 1. The van der Waals surface area contributed by atoms with Gasteiger partial charge in [-0.25, -0.2) is 0 Å². The van der Waals surface area contributed by atoms with Crippen LogP contribution < -0.4 is 5.32 Å². The van der Waals surface area contributed by atoms with Gasteiger partial charge in [0.2, 0.25) is 5.95 Å². The Hall–Kier alpha value is -1.59. The number of rotatable bonds is 5. The molecular formula is C9H16N4O2. The fraction of sp³-hybridized carbons (Fsp3) is 0.667. The van der Waals surface area contributed by atoms with Crippen LogP contribution in [0.1, 0.15) is 19.7 Å². The average molecular weight is 212 g/mol. The van der Waals surface area contributed by atoms with Gasteiger partial charge in [-0.3, -0.25) is 9.36 Å². The van der Waals surface area contributed by atoms with Crippen LogP contribution in [0.3, 0.4) is 0 Å². The zero-order valence-electron chi connectivity index (χ0n) is 9.19. The highest BCUT2D eigenvalue weighted by molar-refractivity contribution is 5.69. The molecule has 0 aliphatic heterocycles. The number of aliphatic carboxylic acids is 1. The highest BCUT2D eigenvalue weighted by Crippen LogP contribution is 2.11. The predicted octanol–water partition coefficient (Wildman–Crippen LogP) is 0.603. The van der Waals surface area contributed by atoms with Crippen molar-refractivity contribution >= 4 is 11.9 Å². The summed E-state index contributed by atoms with van der Waals surface area (Å²) in [6.07, 6.45) is -0.0958. The molecule has 6 nitrogen and oxygen atoms in total. The first-order valence-corrected chi connectivity index (χ1v) is 4.86. The average Bonchev–Trinajstić information content (AvgIpc) is 2.47. The fourth-order valence-corrected chi connectivity index (χ4v) is 1.34. The van der Waals surface area contributed by atoms with Gasteiger partial charge in [-0.05, 0) is 5.92 Å². The summed E-state index contributed by atoms with van der Waals surface area (Å²) in [7, 11) is 1.74. The second-order valence-electron chi connectivity index (χ2n) is 3.76. The second-order valence-corrected chi connectivity index (χ2v) is 3.76. The van der Waals surface area contributed by atoms with Crippen LogP contribution in [0.5, 0.6) is 0 Å². The number of carboxylic acid groups (broad SMARTS) is 1. The molecule has 84 valence electrons. The van der Waals surface area contributed by atoms with Crippen molar-refractivity contribution in [1.82, 2.24) is 14.8 Å². The Morgan fingerprint density at radius 3 is 2.67 bits per heavy atom. The first-order valence-electron chi connectivity index (χ1n) is 4.86. The van der Waals surface area contributed by atoms with Crippen molar-refractivity contribution in [3.63, 3.8) is 0 Å². The molecule has 0 radical (unpaired) electrons.